The van der Waals surface area contributed by atoms with Crippen molar-refractivity contribution in [2.75, 3.05) is 0 Å². The summed E-state index contributed by atoms with van der Waals surface area (Å²) in [4.78, 5) is 0. The summed E-state index contributed by atoms with van der Waals surface area (Å²) in [5.74, 6) is 0. The molecule has 0 aliphatic heterocycles. The Bertz CT molecular complexity index is 3760. The number of furan rings is 1. The molecule has 0 spiro atoms. The van der Waals surface area contributed by atoms with Crippen LogP contribution >= 0.6 is 0 Å². The van der Waals surface area contributed by atoms with Crippen LogP contribution in [0.5, 0.6) is 0 Å². The van der Waals surface area contributed by atoms with Gasteiger partial charge in [-0.15, -0.1) is 0 Å². The van der Waals surface area contributed by atoms with E-state index in [0.29, 0.717) is 16.3 Å². The Balaban J connectivity index is 1.26. The Labute approximate surface area is 308 Å². The fourth-order valence-corrected chi connectivity index (χ4v) is 6.45. The van der Waals surface area contributed by atoms with Crippen molar-refractivity contribution in [1.29, 1.82) is 0 Å². The van der Waals surface area contributed by atoms with Crippen LogP contribution < -0.4 is 0 Å². The molecule has 49 heavy (non-hydrogen) atoms. The molecule has 10 rings (SSSR count). The van der Waals surface area contributed by atoms with Gasteiger partial charge in [0, 0.05) is 10.8 Å². The SMILES string of the molecule is [2H]c1c([2H])c([2H])c(-c2c([2H])c([2H])c3c(oc4c([2H])c([2H])c(-c5c([2H])c([2H])c6c([2H])c(-c7c8ccccc8c(-c8ccccc8)c8ccccc78)c([2H])c([2H])c6c5[2H])c([2H])c43)c2[2H])c([2H])c1[2H]. The second-order valence-electron chi connectivity index (χ2n) is 11.5. The normalized spacial score (nSPS) is 16.5. The van der Waals surface area contributed by atoms with Gasteiger partial charge in [-0.25, -0.2) is 0 Å². The highest BCUT2D eigenvalue weighted by Crippen LogP contribution is 2.44. The molecular formula is C48H30O. The van der Waals surface area contributed by atoms with Crippen molar-refractivity contribution in [3.8, 4) is 44.5 Å². The zero-order chi connectivity index (χ0) is 47.1. The lowest BCUT2D eigenvalue weighted by molar-refractivity contribution is 0.669. The van der Waals surface area contributed by atoms with Crippen LogP contribution in [-0.2, 0) is 0 Å². The number of rotatable bonds is 4. The topological polar surface area (TPSA) is 13.1 Å². The third kappa shape index (κ3) is 4.55. The molecule has 0 radical (unpaired) electrons. The van der Waals surface area contributed by atoms with Crippen molar-refractivity contribution in [3.63, 3.8) is 0 Å². The highest BCUT2D eigenvalue weighted by molar-refractivity contribution is 6.21. The Hall–Kier alpha value is -6.44. The fraction of sp³-hybridized carbons (Fsp3) is 0. The van der Waals surface area contributed by atoms with Gasteiger partial charge in [0.25, 0.3) is 0 Å². The van der Waals surface area contributed by atoms with E-state index in [0.717, 1.165) is 21.9 Å². The number of benzene rings is 9. The maximum atomic E-state index is 9.68. The average Bonchev–Trinajstić information content (AvgIpc) is 3.73. The standard InChI is InChI=1S/C48H30O/c1-3-11-31(12-4-1)37-23-25-39-44-29-36(24-26-45(44)49-46(39)30-37)34-19-20-35-28-38(22-21-33(35)27-34)48-42-17-9-7-15-40(42)47(32-13-5-2-6-14-32)41-16-8-10-18-43(41)48/h1-30H/i1D,3D,4D,11D,12D,19D,20D,21D,22D,23D,24D,25D,26D,27D,28D,29D,30D. The molecule has 10 aromatic rings. The van der Waals surface area contributed by atoms with Crippen LogP contribution in [0.25, 0.3) is 98.8 Å². The molecule has 0 unspecified atom stereocenters. The molecule has 228 valence electrons. The first kappa shape index (κ1) is 15.6. The van der Waals surface area contributed by atoms with Gasteiger partial charge < -0.3 is 4.42 Å². The summed E-state index contributed by atoms with van der Waals surface area (Å²) in [5.41, 5.74) is -0.790. The monoisotopic (exact) mass is 639 g/mol. The zero-order valence-corrected chi connectivity index (χ0v) is 25.4. The maximum absolute atomic E-state index is 9.68. The first-order valence-electron chi connectivity index (χ1n) is 24.0. The Morgan fingerprint density at radius 2 is 0.857 bits per heavy atom. The number of hydrogen-bond donors (Lipinski definition) is 0. The molecular weight excluding hydrogens is 593 g/mol. The van der Waals surface area contributed by atoms with Crippen LogP contribution in [0.2, 0.25) is 0 Å². The predicted molar refractivity (Wildman–Crippen MR) is 208 cm³/mol. The van der Waals surface area contributed by atoms with Crippen LogP contribution in [0.15, 0.2) is 186 Å². The van der Waals surface area contributed by atoms with Gasteiger partial charge in [0.1, 0.15) is 11.2 Å². The van der Waals surface area contributed by atoms with E-state index in [1.54, 1.807) is 0 Å². The van der Waals surface area contributed by atoms with Gasteiger partial charge in [0.2, 0.25) is 0 Å². The molecule has 1 nitrogen and oxygen atoms in total. The van der Waals surface area contributed by atoms with E-state index in [9.17, 15) is 9.60 Å². The van der Waals surface area contributed by atoms with Crippen molar-refractivity contribution in [2.24, 2.45) is 0 Å². The van der Waals surface area contributed by atoms with Gasteiger partial charge in [0.05, 0.1) is 23.3 Å². The molecule has 0 aliphatic rings. The molecule has 9 aromatic carbocycles. The summed E-state index contributed by atoms with van der Waals surface area (Å²) in [7, 11) is 0. The van der Waals surface area contributed by atoms with Gasteiger partial charge in [-0.2, -0.15) is 0 Å². The Morgan fingerprint density at radius 3 is 1.55 bits per heavy atom. The van der Waals surface area contributed by atoms with E-state index < -0.39 is 130 Å². The second-order valence-corrected chi connectivity index (χ2v) is 11.5. The summed E-state index contributed by atoms with van der Waals surface area (Å²) >= 11 is 0. The van der Waals surface area contributed by atoms with Gasteiger partial charge in [0.15, 0.2) is 0 Å². The molecule has 0 atom stereocenters. The average molecular weight is 640 g/mol. The summed E-state index contributed by atoms with van der Waals surface area (Å²) in [6.07, 6.45) is 0. The minimum atomic E-state index is -0.756. The summed E-state index contributed by atoms with van der Waals surface area (Å²) in [6, 6.07) is 13.4. The highest BCUT2D eigenvalue weighted by Gasteiger charge is 2.17. The van der Waals surface area contributed by atoms with E-state index in [-0.39, 0.29) is 33.2 Å². The van der Waals surface area contributed by atoms with E-state index in [2.05, 4.69) is 0 Å². The molecule has 0 amide bonds. The zero-order valence-electron chi connectivity index (χ0n) is 42.4. The summed E-state index contributed by atoms with van der Waals surface area (Å²) < 4.78 is 159. The van der Waals surface area contributed by atoms with Crippen molar-refractivity contribution < 1.29 is 27.7 Å². The third-order valence-corrected chi connectivity index (χ3v) is 8.63. The van der Waals surface area contributed by atoms with E-state index in [4.69, 9.17) is 18.1 Å². The second kappa shape index (κ2) is 11.1. The minimum Gasteiger partial charge on any atom is -0.456 e. The Kier molecular flexibility index (Phi) is 3.54. The lowest BCUT2D eigenvalue weighted by Gasteiger charge is -2.18. The predicted octanol–water partition coefficient (Wildman–Crippen LogP) is 13.7. The summed E-state index contributed by atoms with van der Waals surface area (Å²) in [6.45, 7) is 0. The van der Waals surface area contributed by atoms with E-state index in [1.807, 2.05) is 78.9 Å². The first-order valence-corrected chi connectivity index (χ1v) is 15.5. The van der Waals surface area contributed by atoms with Gasteiger partial charge >= 0.3 is 0 Å². The number of hydrogen-bond acceptors (Lipinski definition) is 1. The van der Waals surface area contributed by atoms with Crippen molar-refractivity contribution >= 4 is 54.3 Å². The van der Waals surface area contributed by atoms with Crippen LogP contribution in [0.1, 0.15) is 23.3 Å². The van der Waals surface area contributed by atoms with Gasteiger partial charge in [-0.05, 0) is 113 Å². The lowest BCUT2D eigenvalue weighted by Crippen LogP contribution is -1.90. The molecule has 0 saturated heterocycles. The van der Waals surface area contributed by atoms with Crippen LogP contribution in [0, 0.1) is 0 Å². The quantitative estimate of drug-likeness (QED) is 0.175. The smallest absolute Gasteiger partial charge is 0.136 e. The molecule has 0 bridgehead atoms. The van der Waals surface area contributed by atoms with E-state index in [1.165, 1.54) is 0 Å². The van der Waals surface area contributed by atoms with Gasteiger partial charge in [-0.3, -0.25) is 0 Å². The van der Waals surface area contributed by atoms with Crippen LogP contribution in [-0.4, -0.2) is 0 Å². The molecule has 0 saturated carbocycles. The molecule has 0 fully saturated rings. The van der Waals surface area contributed by atoms with Gasteiger partial charge in [-0.1, -0.05) is 145 Å². The Morgan fingerprint density at radius 1 is 0.327 bits per heavy atom. The van der Waals surface area contributed by atoms with Crippen LogP contribution in [0.3, 0.4) is 0 Å². The van der Waals surface area contributed by atoms with Crippen molar-refractivity contribution in [3.05, 3.63) is 182 Å². The minimum absolute atomic E-state index is 0.00464. The molecule has 1 aromatic heterocycles. The highest BCUT2D eigenvalue weighted by atomic mass is 16.3. The largest absolute Gasteiger partial charge is 0.456 e. The lowest BCUT2D eigenvalue weighted by atomic mass is 9.85. The molecule has 1 heterocycles. The molecule has 0 aliphatic carbocycles. The number of fused-ring (bicyclic) bond motifs is 6. The molecule has 0 N–H and O–H groups in total. The van der Waals surface area contributed by atoms with Crippen molar-refractivity contribution in [2.45, 2.75) is 0 Å². The van der Waals surface area contributed by atoms with E-state index >= 15 is 0 Å². The maximum Gasteiger partial charge on any atom is 0.136 e. The third-order valence-electron chi connectivity index (χ3n) is 8.63. The fourth-order valence-electron chi connectivity index (χ4n) is 6.45. The first-order chi connectivity index (χ1) is 31.4. The summed E-state index contributed by atoms with van der Waals surface area (Å²) in [5, 5.41) is 1.59. The van der Waals surface area contributed by atoms with Crippen LogP contribution in [0.4, 0.5) is 0 Å². The van der Waals surface area contributed by atoms with Crippen molar-refractivity contribution in [1.82, 2.24) is 0 Å². The molecule has 1 heteroatoms.